The molecule has 0 aromatic heterocycles. The standard InChI is InChI=1S/C24H29N3O4/c1-17-7-6-8-18(2)22(17)26-24(30)23(29)25-15-19-11-13-27(14-12-19)21(28)16-31-20-9-4-3-5-10-20/h3-10,19H,11-16H2,1-2H3,(H,25,29)(H,26,30). The molecule has 0 unspecified atom stereocenters. The summed E-state index contributed by atoms with van der Waals surface area (Å²) in [6.45, 7) is 5.45. The number of likely N-dealkylation sites (tertiary alicyclic amines) is 1. The van der Waals surface area contributed by atoms with Gasteiger partial charge >= 0.3 is 11.8 Å². The van der Waals surface area contributed by atoms with E-state index in [0.29, 0.717) is 31.1 Å². The van der Waals surface area contributed by atoms with Crippen LogP contribution in [0.4, 0.5) is 5.69 Å². The molecule has 0 spiro atoms. The van der Waals surface area contributed by atoms with Gasteiger partial charge in [-0.1, -0.05) is 36.4 Å². The number of aryl methyl sites for hydroxylation is 2. The van der Waals surface area contributed by atoms with Gasteiger partial charge in [-0.3, -0.25) is 14.4 Å². The largest absolute Gasteiger partial charge is 0.484 e. The highest BCUT2D eigenvalue weighted by Crippen LogP contribution is 2.20. The first kappa shape index (κ1) is 22.3. The van der Waals surface area contributed by atoms with Crippen LogP contribution in [0.3, 0.4) is 0 Å². The first-order valence-electron chi connectivity index (χ1n) is 10.5. The van der Waals surface area contributed by atoms with Crippen molar-refractivity contribution >= 4 is 23.4 Å². The molecule has 3 amide bonds. The van der Waals surface area contributed by atoms with Crippen LogP contribution in [0.25, 0.3) is 0 Å². The number of nitrogens with zero attached hydrogens (tertiary/aromatic N) is 1. The molecule has 31 heavy (non-hydrogen) atoms. The quantitative estimate of drug-likeness (QED) is 0.700. The van der Waals surface area contributed by atoms with Crippen LogP contribution in [0.15, 0.2) is 48.5 Å². The summed E-state index contributed by atoms with van der Waals surface area (Å²) in [6, 6.07) is 14.9. The van der Waals surface area contributed by atoms with Gasteiger partial charge in [-0.05, 0) is 55.9 Å². The van der Waals surface area contributed by atoms with Crippen molar-refractivity contribution in [1.29, 1.82) is 0 Å². The lowest BCUT2D eigenvalue weighted by atomic mass is 9.96. The van der Waals surface area contributed by atoms with E-state index in [2.05, 4.69) is 10.6 Å². The molecule has 0 saturated carbocycles. The molecule has 2 N–H and O–H groups in total. The Morgan fingerprint density at radius 1 is 0.935 bits per heavy atom. The van der Waals surface area contributed by atoms with Crippen LogP contribution in [-0.4, -0.2) is 48.9 Å². The third kappa shape index (κ3) is 6.31. The highest BCUT2D eigenvalue weighted by molar-refractivity contribution is 6.39. The summed E-state index contributed by atoms with van der Waals surface area (Å²) in [4.78, 5) is 38.6. The number of piperidine rings is 1. The molecule has 7 nitrogen and oxygen atoms in total. The second kappa shape index (κ2) is 10.6. The maximum absolute atomic E-state index is 12.3. The van der Waals surface area contributed by atoms with Crippen molar-refractivity contribution in [3.05, 3.63) is 59.7 Å². The van der Waals surface area contributed by atoms with Gasteiger partial charge in [0.1, 0.15) is 5.75 Å². The fourth-order valence-corrected chi connectivity index (χ4v) is 3.64. The van der Waals surface area contributed by atoms with Crippen molar-refractivity contribution in [2.45, 2.75) is 26.7 Å². The molecular formula is C24H29N3O4. The molecule has 1 heterocycles. The summed E-state index contributed by atoms with van der Waals surface area (Å²) in [7, 11) is 0. The number of carbonyl (C=O) groups is 3. The molecule has 0 bridgehead atoms. The molecule has 1 aliphatic heterocycles. The Labute approximate surface area is 182 Å². The van der Waals surface area contributed by atoms with Crippen LogP contribution in [0, 0.1) is 19.8 Å². The fraction of sp³-hybridized carbons (Fsp3) is 0.375. The maximum Gasteiger partial charge on any atom is 0.313 e. The Kier molecular flexibility index (Phi) is 7.65. The average molecular weight is 424 g/mol. The molecule has 0 atom stereocenters. The fourth-order valence-electron chi connectivity index (χ4n) is 3.64. The predicted octanol–water partition coefficient (Wildman–Crippen LogP) is 2.68. The van der Waals surface area contributed by atoms with E-state index >= 15 is 0 Å². The lowest BCUT2D eigenvalue weighted by molar-refractivity contribution is -0.136. The lowest BCUT2D eigenvalue weighted by Gasteiger charge is -2.32. The zero-order valence-electron chi connectivity index (χ0n) is 18.0. The summed E-state index contributed by atoms with van der Waals surface area (Å²) in [5, 5.41) is 5.42. The molecule has 2 aromatic rings. The van der Waals surface area contributed by atoms with Crippen LogP contribution in [0.1, 0.15) is 24.0 Å². The number of hydrogen-bond donors (Lipinski definition) is 2. The molecular weight excluding hydrogens is 394 g/mol. The molecule has 2 aromatic carbocycles. The van der Waals surface area contributed by atoms with E-state index in [9.17, 15) is 14.4 Å². The van der Waals surface area contributed by atoms with Crippen molar-refractivity contribution < 1.29 is 19.1 Å². The highest BCUT2D eigenvalue weighted by Gasteiger charge is 2.24. The van der Waals surface area contributed by atoms with Gasteiger partial charge < -0.3 is 20.3 Å². The van der Waals surface area contributed by atoms with E-state index in [0.717, 1.165) is 24.0 Å². The summed E-state index contributed by atoms with van der Waals surface area (Å²) < 4.78 is 5.53. The number of anilines is 1. The number of nitrogens with one attached hydrogen (secondary N) is 2. The van der Waals surface area contributed by atoms with Crippen LogP contribution in [0.2, 0.25) is 0 Å². The van der Waals surface area contributed by atoms with Crippen molar-refractivity contribution in [2.75, 3.05) is 31.6 Å². The van der Waals surface area contributed by atoms with E-state index in [1.165, 1.54) is 0 Å². The smallest absolute Gasteiger partial charge is 0.313 e. The van der Waals surface area contributed by atoms with Crippen LogP contribution >= 0.6 is 0 Å². The Bertz CT molecular complexity index is 901. The minimum atomic E-state index is -0.664. The summed E-state index contributed by atoms with van der Waals surface area (Å²) in [5.74, 6) is -0.441. The number of para-hydroxylation sites is 2. The van der Waals surface area contributed by atoms with E-state index in [1.807, 2.05) is 62.4 Å². The number of rotatable bonds is 6. The SMILES string of the molecule is Cc1cccc(C)c1NC(=O)C(=O)NCC1CCN(C(=O)COc2ccccc2)CC1. The van der Waals surface area contributed by atoms with E-state index in [1.54, 1.807) is 4.90 Å². The van der Waals surface area contributed by atoms with Gasteiger partial charge in [0.15, 0.2) is 6.61 Å². The Morgan fingerprint density at radius 3 is 2.23 bits per heavy atom. The number of hydrogen-bond acceptors (Lipinski definition) is 4. The Balaban J connectivity index is 1.38. The average Bonchev–Trinajstić information content (AvgIpc) is 2.79. The number of benzene rings is 2. The first-order valence-corrected chi connectivity index (χ1v) is 10.5. The third-order valence-electron chi connectivity index (χ3n) is 5.55. The molecule has 164 valence electrons. The normalized spacial score (nSPS) is 14.1. The minimum absolute atomic E-state index is 0.0178. The van der Waals surface area contributed by atoms with Crippen molar-refractivity contribution in [3.63, 3.8) is 0 Å². The topological polar surface area (TPSA) is 87.7 Å². The van der Waals surface area contributed by atoms with Gasteiger partial charge in [0, 0.05) is 25.3 Å². The van der Waals surface area contributed by atoms with E-state index in [-0.39, 0.29) is 18.4 Å². The van der Waals surface area contributed by atoms with Crippen molar-refractivity contribution in [2.24, 2.45) is 5.92 Å². The zero-order valence-corrected chi connectivity index (χ0v) is 18.0. The van der Waals surface area contributed by atoms with Gasteiger partial charge in [0.05, 0.1) is 0 Å². The molecule has 1 saturated heterocycles. The second-order valence-electron chi connectivity index (χ2n) is 7.86. The van der Waals surface area contributed by atoms with Gasteiger partial charge in [0.25, 0.3) is 5.91 Å². The molecule has 1 aliphatic rings. The number of ether oxygens (including phenoxy) is 1. The minimum Gasteiger partial charge on any atom is -0.484 e. The van der Waals surface area contributed by atoms with Gasteiger partial charge in [-0.15, -0.1) is 0 Å². The molecule has 7 heteroatoms. The highest BCUT2D eigenvalue weighted by atomic mass is 16.5. The van der Waals surface area contributed by atoms with E-state index < -0.39 is 11.8 Å². The summed E-state index contributed by atoms with van der Waals surface area (Å²) in [5.41, 5.74) is 2.50. The van der Waals surface area contributed by atoms with Crippen molar-refractivity contribution in [3.8, 4) is 5.75 Å². The third-order valence-corrected chi connectivity index (χ3v) is 5.55. The first-order chi connectivity index (χ1) is 14.9. The zero-order chi connectivity index (χ0) is 22.2. The van der Waals surface area contributed by atoms with E-state index in [4.69, 9.17) is 4.74 Å². The molecule has 0 radical (unpaired) electrons. The Hall–Kier alpha value is -3.35. The lowest BCUT2D eigenvalue weighted by Crippen LogP contribution is -2.44. The molecule has 1 fully saturated rings. The molecule has 0 aliphatic carbocycles. The monoisotopic (exact) mass is 423 g/mol. The maximum atomic E-state index is 12.3. The summed E-state index contributed by atoms with van der Waals surface area (Å²) in [6.07, 6.45) is 1.55. The van der Waals surface area contributed by atoms with Gasteiger partial charge in [0.2, 0.25) is 0 Å². The number of amides is 3. The van der Waals surface area contributed by atoms with Crippen LogP contribution in [-0.2, 0) is 14.4 Å². The van der Waals surface area contributed by atoms with Gasteiger partial charge in [-0.2, -0.15) is 0 Å². The number of carbonyl (C=O) groups excluding carboxylic acids is 3. The predicted molar refractivity (Wildman–Crippen MR) is 119 cm³/mol. The van der Waals surface area contributed by atoms with Crippen LogP contribution < -0.4 is 15.4 Å². The summed E-state index contributed by atoms with van der Waals surface area (Å²) >= 11 is 0. The van der Waals surface area contributed by atoms with Crippen molar-refractivity contribution in [1.82, 2.24) is 10.2 Å². The second-order valence-corrected chi connectivity index (χ2v) is 7.86. The Morgan fingerprint density at radius 2 is 1.58 bits per heavy atom. The van der Waals surface area contributed by atoms with Gasteiger partial charge in [-0.25, -0.2) is 0 Å². The van der Waals surface area contributed by atoms with Crippen LogP contribution in [0.5, 0.6) is 5.75 Å². The molecule has 3 rings (SSSR count).